The van der Waals surface area contributed by atoms with Gasteiger partial charge in [-0.25, -0.2) is 13.8 Å². The zero-order chi connectivity index (χ0) is 28.7. The van der Waals surface area contributed by atoms with E-state index in [1.165, 1.54) is 34.3 Å². The molecule has 0 radical (unpaired) electrons. The molecule has 2 atom stereocenters. The first kappa shape index (κ1) is 27.2. The SMILES string of the molecule is O=C1Cn2c(C(=O)NCCN3CC[C@@H](F)C3)nc(NC(=O)c3nsc4ccccc34)c2[C@H](c2cc(F)ccc2Cl)N1. The standard InChI is InChI=1S/C27H24ClF2N7O3S/c28-18-6-5-14(29)11-17(18)21-23-24(34-26(39)22-16-3-1-2-4-19(16)41-35-22)33-25(37(23)13-20(38)32-21)27(40)31-8-10-36-9-7-15(30)12-36/h1-6,11,15,21H,7-10,12-13H2,(H,31,40)(H,32,38)(H,34,39)/t15-,21+/m1/s1. The van der Waals surface area contributed by atoms with Crippen LogP contribution in [0.5, 0.6) is 0 Å². The zero-order valence-corrected chi connectivity index (χ0v) is 23.1. The van der Waals surface area contributed by atoms with Gasteiger partial charge in [-0.2, -0.15) is 4.37 Å². The molecule has 0 saturated carbocycles. The Balaban J connectivity index is 1.36. The van der Waals surface area contributed by atoms with Crippen molar-refractivity contribution < 1.29 is 23.2 Å². The average Bonchev–Trinajstić information content (AvgIpc) is 3.66. The van der Waals surface area contributed by atoms with E-state index >= 15 is 0 Å². The molecule has 2 aromatic carbocycles. The van der Waals surface area contributed by atoms with E-state index in [1.54, 1.807) is 12.1 Å². The molecule has 3 N–H and O–H groups in total. The Labute approximate surface area is 241 Å². The van der Waals surface area contributed by atoms with E-state index in [-0.39, 0.29) is 46.7 Å². The van der Waals surface area contributed by atoms with Gasteiger partial charge in [0.05, 0.1) is 16.4 Å². The monoisotopic (exact) mass is 599 g/mol. The lowest BCUT2D eigenvalue weighted by Crippen LogP contribution is -2.41. The Kier molecular flexibility index (Phi) is 7.41. The number of carbonyl (C=O) groups is 3. The highest BCUT2D eigenvalue weighted by atomic mass is 35.5. The van der Waals surface area contributed by atoms with Gasteiger partial charge in [0.1, 0.15) is 24.2 Å². The lowest BCUT2D eigenvalue weighted by atomic mass is 10.0. The summed E-state index contributed by atoms with van der Waals surface area (Å²) in [5.41, 5.74) is 0.669. The summed E-state index contributed by atoms with van der Waals surface area (Å²) in [7, 11) is 0. The molecule has 0 unspecified atom stereocenters. The fourth-order valence-corrected chi connectivity index (χ4v) is 6.17. The van der Waals surface area contributed by atoms with Crippen LogP contribution < -0.4 is 16.0 Å². The number of nitrogens with zero attached hydrogens (tertiary/aromatic N) is 4. The summed E-state index contributed by atoms with van der Waals surface area (Å²) in [5.74, 6) is -2.29. The van der Waals surface area contributed by atoms with Gasteiger partial charge < -0.3 is 20.5 Å². The van der Waals surface area contributed by atoms with Crippen LogP contribution in [0.25, 0.3) is 10.1 Å². The van der Waals surface area contributed by atoms with E-state index < -0.39 is 35.8 Å². The van der Waals surface area contributed by atoms with Crippen molar-refractivity contribution in [2.75, 3.05) is 31.5 Å². The molecule has 1 saturated heterocycles. The van der Waals surface area contributed by atoms with Gasteiger partial charge in [-0.1, -0.05) is 29.8 Å². The van der Waals surface area contributed by atoms with Crippen LogP contribution in [0.15, 0.2) is 42.5 Å². The summed E-state index contributed by atoms with van der Waals surface area (Å²) >= 11 is 7.57. The van der Waals surface area contributed by atoms with Crippen LogP contribution in [0.1, 0.15) is 44.8 Å². The van der Waals surface area contributed by atoms with Gasteiger partial charge in [0.25, 0.3) is 11.8 Å². The first-order valence-corrected chi connectivity index (χ1v) is 14.1. The highest BCUT2D eigenvalue weighted by Crippen LogP contribution is 2.36. The van der Waals surface area contributed by atoms with Crippen molar-refractivity contribution in [3.8, 4) is 0 Å². The molecule has 10 nitrogen and oxygen atoms in total. The minimum Gasteiger partial charge on any atom is -0.348 e. The van der Waals surface area contributed by atoms with E-state index in [2.05, 4.69) is 25.3 Å². The summed E-state index contributed by atoms with van der Waals surface area (Å²) in [6, 6.07) is 9.98. The summed E-state index contributed by atoms with van der Waals surface area (Å²) in [6.45, 7) is 1.33. The summed E-state index contributed by atoms with van der Waals surface area (Å²) in [4.78, 5) is 45.8. The predicted molar refractivity (Wildman–Crippen MR) is 149 cm³/mol. The Bertz CT molecular complexity index is 1680. The largest absolute Gasteiger partial charge is 0.348 e. The van der Waals surface area contributed by atoms with Gasteiger partial charge in [-0.3, -0.25) is 19.3 Å². The molecule has 41 heavy (non-hydrogen) atoms. The number of benzene rings is 2. The van der Waals surface area contributed by atoms with Crippen LogP contribution in [0.2, 0.25) is 5.02 Å². The summed E-state index contributed by atoms with van der Waals surface area (Å²) in [6.07, 6.45) is -0.422. The number of nitrogens with one attached hydrogen (secondary N) is 3. The summed E-state index contributed by atoms with van der Waals surface area (Å²) in [5, 5.41) is 9.13. The fraction of sp³-hybridized carbons (Fsp3) is 0.296. The number of alkyl halides is 1. The number of halogens is 3. The number of imidazole rings is 1. The number of hydrogen-bond acceptors (Lipinski definition) is 7. The molecule has 0 aliphatic carbocycles. The van der Waals surface area contributed by atoms with E-state index in [1.807, 2.05) is 17.0 Å². The van der Waals surface area contributed by atoms with Crippen LogP contribution in [-0.2, 0) is 11.3 Å². The van der Waals surface area contributed by atoms with Gasteiger partial charge >= 0.3 is 0 Å². The maximum absolute atomic E-state index is 14.3. The molecular weight excluding hydrogens is 576 g/mol. The van der Waals surface area contributed by atoms with Crippen molar-refractivity contribution in [2.24, 2.45) is 0 Å². The minimum absolute atomic E-state index is 0.00220. The van der Waals surface area contributed by atoms with Gasteiger partial charge in [-0.05, 0) is 42.2 Å². The van der Waals surface area contributed by atoms with Crippen molar-refractivity contribution in [3.05, 3.63) is 76.1 Å². The summed E-state index contributed by atoms with van der Waals surface area (Å²) < 4.78 is 34.3. The molecule has 2 aliphatic heterocycles. The number of anilines is 1. The quantitative estimate of drug-likeness (QED) is 0.299. The lowest BCUT2D eigenvalue weighted by molar-refractivity contribution is -0.123. The topological polar surface area (TPSA) is 121 Å². The first-order chi connectivity index (χ1) is 19.8. The smallest absolute Gasteiger partial charge is 0.287 e. The average molecular weight is 600 g/mol. The minimum atomic E-state index is -1.01. The molecule has 4 aromatic rings. The molecule has 2 aromatic heterocycles. The van der Waals surface area contributed by atoms with Crippen LogP contribution in [0, 0.1) is 5.82 Å². The number of rotatable bonds is 7. The van der Waals surface area contributed by atoms with E-state index in [4.69, 9.17) is 11.6 Å². The number of fused-ring (bicyclic) bond motifs is 2. The Morgan fingerprint density at radius 2 is 2.02 bits per heavy atom. The molecule has 2 aliphatic rings. The Morgan fingerprint density at radius 3 is 2.83 bits per heavy atom. The van der Waals surface area contributed by atoms with Crippen molar-refractivity contribution in [1.82, 2.24) is 29.5 Å². The third-order valence-corrected chi connectivity index (χ3v) is 8.28. The number of carbonyl (C=O) groups excluding carboxylic acids is 3. The van der Waals surface area contributed by atoms with Crippen molar-refractivity contribution in [1.29, 1.82) is 0 Å². The first-order valence-electron chi connectivity index (χ1n) is 12.9. The maximum Gasteiger partial charge on any atom is 0.287 e. The van der Waals surface area contributed by atoms with Gasteiger partial charge in [0.2, 0.25) is 11.7 Å². The third-order valence-electron chi connectivity index (χ3n) is 7.11. The molecule has 0 spiro atoms. The van der Waals surface area contributed by atoms with Crippen molar-refractivity contribution >= 4 is 56.8 Å². The zero-order valence-electron chi connectivity index (χ0n) is 21.5. The molecule has 0 bridgehead atoms. The maximum atomic E-state index is 14.3. The molecule has 4 heterocycles. The molecule has 14 heteroatoms. The molecular formula is C27H24ClF2N7O3S. The third kappa shape index (κ3) is 5.39. The van der Waals surface area contributed by atoms with Gasteiger partial charge in [-0.15, -0.1) is 0 Å². The van der Waals surface area contributed by atoms with E-state index in [9.17, 15) is 23.2 Å². The molecule has 6 rings (SSSR count). The van der Waals surface area contributed by atoms with E-state index in [0.29, 0.717) is 31.4 Å². The number of likely N-dealkylation sites (tertiary alicyclic amines) is 1. The molecule has 3 amide bonds. The second kappa shape index (κ2) is 11.1. The Hall–Kier alpha value is -3.94. The normalized spacial score (nSPS) is 18.8. The predicted octanol–water partition coefficient (Wildman–Crippen LogP) is 3.53. The van der Waals surface area contributed by atoms with Gasteiger partial charge in [0.15, 0.2) is 5.82 Å². The van der Waals surface area contributed by atoms with Crippen LogP contribution in [0.3, 0.4) is 0 Å². The number of aromatic nitrogens is 3. The second-order valence-corrected chi connectivity index (χ2v) is 11.1. The lowest BCUT2D eigenvalue weighted by Gasteiger charge is -2.28. The number of amides is 3. The van der Waals surface area contributed by atoms with Crippen LogP contribution in [-0.4, -0.2) is 68.9 Å². The Morgan fingerprint density at radius 1 is 1.20 bits per heavy atom. The van der Waals surface area contributed by atoms with E-state index in [0.717, 1.165) is 4.70 Å². The van der Waals surface area contributed by atoms with Crippen molar-refractivity contribution in [3.63, 3.8) is 0 Å². The van der Waals surface area contributed by atoms with Crippen molar-refractivity contribution in [2.45, 2.75) is 25.2 Å². The highest BCUT2D eigenvalue weighted by Gasteiger charge is 2.36. The van der Waals surface area contributed by atoms with Crippen LogP contribution in [0.4, 0.5) is 14.6 Å². The highest BCUT2D eigenvalue weighted by molar-refractivity contribution is 7.13. The van der Waals surface area contributed by atoms with Gasteiger partial charge in [0, 0.05) is 42.2 Å². The second-order valence-electron chi connectivity index (χ2n) is 9.85. The number of hydrogen-bond donors (Lipinski definition) is 3. The van der Waals surface area contributed by atoms with Crippen LogP contribution >= 0.6 is 23.1 Å². The molecule has 212 valence electrons. The fourth-order valence-electron chi connectivity index (χ4n) is 5.17. The molecule has 1 fully saturated rings.